The summed E-state index contributed by atoms with van der Waals surface area (Å²) in [6.07, 6.45) is 2.96. The number of ether oxygens (including phenoxy) is 1. The van der Waals surface area contributed by atoms with Gasteiger partial charge in [-0.2, -0.15) is 8.78 Å². The highest BCUT2D eigenvalue weighted by Gasteiger charge is 2.10. The molecule has 22 heavy (non-hydrogen) atoms. The lowest BCUT2D eigenvalue weighted by Gasteiger charge is -2.06. The van der Waals surface area contributed by atoms with Gasteiger partial charge in [0.1, 0.15) is 5.75 Å². The molecule has 0 atom stereocenters. The van der Waals surface area contributed by atoms with Gasteiger partial charge in [-0.15, -0.1) is 11.3 Å². The minimum atomic E-state index is -2.89. The number of rotatable bonds is 4. The van der Waals surface area contributed by atoms with Crippen LogP contribution in [0.25, 0.3) is 10.9 Å². The first kappa shape index (κ1) is 14.3. The fourth-order valence-corrected chi connectivity index (χ4v) is 2.38. The second-order valence-electron chi connectivity index (χ2n) is 4.25. The minimum Gasteiger partial charge on any atom is -0.435 e. The number of pyridine rings is 1. The van der Waals surface area contributed by atoms with Gasteiger partial charge in [0.15, 0.2) is 5.13 Å². The van der Waals surface area contributed by atoms with Crippen molar-refractivity contribution in [3.63, 3.8) is 0 Å². The molecule has 1 N–H and O–H groups in total. The fourth-order valence-electron chi connectivity index (χ4n) is 1.86. The first-order valence-corrected chi connectivity index (χ1v) is 7.05. The number of amides is 1. The molecule has 2 aromatic heterocycles. The van der Waals surface area contributed by atoms with Crippen LogP contribution in [0.15, 0.2) is 42.0 Å². The monoisotopic (exact) mass is 323 g/mol. The molecule has 2 heterocycles. The summed E-state index contributed by atoms with van der Waals surface area (Å²) in [5.74, 6) is -0.313. The molecule has 0 fully saturated rings. The number of benzene rings is 1. The molecule has 0 aliphatic rings. The van der Waals surface area contributed by atoms with Crippen molar-refractivity contribution in [2.45, 2.75) is 6.61 Å². The molecule has 0 saturated carbocycles. The van der Waals surface area contributed by atoms with Crippen molar-refractivity contribution < 1.29 is 19.7 Å². The van der Waals surface area contributed by atoms with Crippen molar-refractivity contribution in [3.8, 4) is 5.75 Å². The Labute approximate surface area is 129 Å². The van der Waals surface area contributed by atoms with Crippen LogP contribution in [0.4, 0.5) is 13.9 Å². The molecule has 8 heteroatoms. The predicted octanol–water partition coefficient (Wildman–Crippen LogP) is 3.79. The Morgan fingerprint density at radius 2 is 2.18 bits per heavy atom. The predicted molar refractivity (Wildman–Crippen MR) is 80.6 cm³/mol. The van der Waals surface area contributed by atoms with Gasteiger partial charge in [0.05, 0.1) is 11.1 Å². The smallest absolute Gasteiger partial charge is 0.387 e. The number of carbonyl (C=O) groups is 1. The third-order valence-electron chi connectivity index (χ3n) is 2.80. The molecule has 1 amide bonds. The summed E-state index contributed by atoms with van der Waals surface area (Å²) in [5.41, 5.74) is 0.814. The SMILES string of the molecule is O=C(Nc1nccs1)c1cnc2cc(OC(F)F)ccc2c1.[HH]. The largest absolute Gasteiger partial charge is 0.435 e. The first-order chi connectivity index (χ1) is 10.6. The van der Waals surface area contributed by atoms with E-state index in [4.69, 9.17) is 0 Å². The number of fused-ring (bicyclic) bond motifs is 1. The van der Waals surface area contributed by atoms with Crippen molar-refractivity contribution in [2.24, 2.45) is 0 Å². The van der Waals surface area contributed by atoms with E-state index in [1.165, 1.54) is 29.7 Å². The maximum Gasteiger partial charge on any atom is 0.387 e. The quantitative estimate of drug-likeness (QED) is 0.793. The number of nitrogens with zero attached hydrogens (tertiary/aromatic N) is 2. The molecule has 114 valence electrons. The Hall–Kier alpha value is -2.61. The highest BCUT2D eigenvalue weighted by molar-refractivity contribution is 7.13. The second-order valence-corrected chi connectivity index (χ2v) is 5.14. The van der Waals surface area contributed by atoms with E-state index in [9.17, 15) is 13.6 Å². The number of hydrogen-bond donors (Lipinski definition) is 1. The average molecular weight is 323 g/mol. The van der Waals surface area contributed by atoms with E-state index >= 15 is 0 Å². The van der Waals surface area contributed by atoms with E-state index < -0.39 is 6.61 Å². The Kier molecular flexibility index (Phi) is 3.92. The number of thiazole rings is 1. The third kappa shape index (κ3) is 3.17. The Balaban J connectivity index is 0.00000192. The van der Waals surface area contributed by atoms with Crippen LogP contribution in [0, 0.1) is 0 Å². The number of hydrogen-bond acceptors (Lipinski definition) is 5. The Bertz CT molecular complexity index is 815. The summed E-state index contributed by atoms with van der Waals surface area (Å²) in [5, 5.41) is 5.53. The maximum atomic E-state index is 12.2. The zero-order chi connectivity index (χ0) is 15.5. The Morgan fingerprint density at radius 3 is 2.91 bits per heavy atom. The van der Waals surface area contributed by atoms with E-state index in [2.05, 4.69) is 20.0 Å². The zero-order valence-electron chi connectivity index (χ0n) is 11.0. The van der Waals surface area contributed by atoms with Gasteiger partial charge in [-0.25, -0.2) is 4.98 Å². The molecular formula is C14H11F2N3O2S. The van der Waals surface area contributed by atoms with Gasteiger partial charge >= 0.3 is 6.61 Å². The van der Waals surface area contributed by atoms with Crippen LogP contribution >= 0.6 is 11.3 Å². The summed E-state index contributed by atoms with van der Waals surface area (Å²) >= 11 is 1.31. The molecule has 0 aliphatic carbocycles. The minimum absolute atomic E-state index is 0. The van der Waals surface area contributed by atoms with Crippen LogP contribution in [0.3, 0.4) is 0 Å². The molecule has 0 radical (unpaired) electrons. The molecule has 0 spiro atoms. The summed E-state index contributed by atoms with van der Waals surface area (Å²) < 4.78 is 28.7. The van der Waals surface area contributed by atoms with Crippen LogP contribution in [-0.2, 0) is 0 Å². The summed E-state index contributed by atoms with van der Waals surface area (Å²) in [4.78, 5) is 20.1. The molecule has 0 bridgehead atoms. The molecular weight excluding hydrogens is 312 g/mol. The van der Waals surface area contributed by atoms with Gasteiger partial charge in [0.25, 0.3) is 5.91 Å². The normalized spacial score (nSPS) is 10.9. The average Bonchev–Trinajstić information content (AvgIpc) is 2.99. The lowest BCUT2D eigenvalue weighted by Crippen LogP contribution is -2.11. The number of nitrogens with one attached hydrogen (secondary N) is 1. The molecule has 0 aliphatic heterocycles. The highest BCUT2D eigenvalue weighted by atomic mass is 32.1. The number of alkyl halides is 2. The molecule has 0 saturated heterocycles. The van der Waals surface area contributed by atoms with Crippen LogP contribution in [0.5, 0.6) is 5.75 Å². The molecule has 3 rings (SSSR count). The van der Waals surface area contributed by atoms with Crippen molar-refractivity contribution in [1.82, 2.24) is 9.97 Å². The van der Waals surface area contributed by atoms with Gasteiger partial charge in [-0.1, -0.05) is 0 Å². The van der Waals surface area contributed by atoms with Gasteiger partial charge in [-0.3, -0.25) is 15.1 Å². The third-order valence-corrected chi connectivity index (χ3v) is 3.48. The van der Waals surface area contributed by atoms with Crippen LogP contribution in [0.2, 0.25) is 0 Å². The summed E-state index contributed by atoms with van der Waals surface area (Å²) in [6, 6.07) is 5.99. The fraction of sp³-hybridized carbons (Fsp3) is 0.0714. The van der Waals surface area contributed by atoms with Crippen LogP contribution in [0.1, 0.15) is 11.8 Å². The standard InChI is InChI=1S/C14H9F2N3O2S.H2/c15-13(16)21-10-2-1-8-5-9(7-18-11(8)6-10)12(20)19-14-17-3-4-22-14;/h1-7,13H,(H,17,19,20);1H. The van der Waals surface area contributed by atoms with Crippen molar-refractivity contribution in [2.75, 3.05) is 5.32 Å². The van der Waals surface area contributed by atoms with Gasteiger partial charge in [0, 0.05) is 30.7 Å². The lowest BCUT2D eigenvalue weighted by atomic mass is 10.1. The molecule has 5 nitrogen and oxygen atoms in total. The number of anilines is 1. The topological polar surface area (TPSA) is 64.1 Å². The van der Waals surface area contributed by atoms with E-state index in [0.717, 1.165) is 0 Å². The first-order valence-electron chi connectivity index (χ1n) is 6.17. The summed E-state index contributed by atoms with van der Waals surface area (Å²) in [7, 11) is 0. The van der Waals surface area contributed by atoms with Crippen molar-refractivity contribution >= 4 is 33.3 Å². The van der Waals surface area contributed by atoms with Crippen LogP contribution in [-0.4, -0.2) is 22.5 Å². The van der Waals surface area contributed by atoms with Crippen molar-refractivity contribution in [3.05, 3.63) is 47.6 Å². The number of halogens is 2. The van der Waals surface area contributed by atoms with E-state index in [0.29, 0.717) is 21.6 Å². The lowest BCUT2D eigenvalue weighted by molar-refractivity contribution is -0.0497. The maximum absolute atomic E-state index is 12.2. The Morgan fingerprint density at radius 1 is 1.32 bits per heavy atom. The molecule has 1 aromatic carbocycles. The molecule has 0 unspecified atom stereocenters. The van der Waals surface area contributed by atoms with E-state index in [-0.39, 0.29) is 13.1 Å². The van der Waals surface area contributed by atoms with E-state index in [1.807, 2.05) is 0 Å². The zero-order valence-corrected chi connectivity index (χ0v) is 11.8. The van der Waals surface area contributed by atoms with E-state index in [1.54, 1.807) is 23.7 Å². The molecule has 3 aromatic rings. The number of aromatic nitrogens is 2. The second kappa shape index (κ2) is 6.02. The van der Waals surface area contributed by atoms with Gasteiger partial charge in [0.2, 0.25) is 0 Å². The van der Waals surface area contributed by atoms with Gasteiger partial charge < -0.3 is 4.74 Å². The van der Waals surface area contributed by atoms with Crippen LogP contribution < -0.4 is 10.1 Å². The highest BCUT2D eigenvalue weighted by Crippen LogP contribution is 2.22. The summed E-state index contributed by atoms with van der Waals surface area (Å²) in [6.45, 7) is -2.89. The van der Waals surface area contributed by atoms with Crippen molar-refractivity contribution in [1.29, 1.82) is 0 Å². The van der Waals surface area contributed by atoms with Gasteiger partial charge in [-0.05, 0) is 18.2 Å². The number of carbonyl (C=O) groups excluding carboxylic acids is 1.